The minimum absolute atomic E-state index is 0.183. The van der Waals surface area contributed by atoms with Gasteiger partial charge in [0, 0.05) is 9.61 Å². The molecule has 0 saturated heterocycles. The SMILES string of the molecule is C=CCC(NCC)c1ccc(F)cc1I. The van der Waals surface area contributed by atoms with Crippen LogP contribution in [0.15, 0.2) is 30.9 Å². The highest BCUT2D eigenvalue weighted by Gasteiger charge is 2.11. The van der Waals surface area contributed by atoms with Gasteiger partial charge >= 0.3 is 0 Å². The Morgan fingerprint density at radius 2 is 2.33 bits per heavy atom. The highest BCUT2D eigenvalue weighted by atomic mass is 127. The van der Waals surface area contributed by atoms with Gasteiger partial charge < -0.3 is 5.32 Å². The fraction of sp³-hybridized carbons (Fsp3) is 0.333. The van der Waals surface area contributed by atoms with E-state index in [-0.39, 0.29) is 11.9 Å². The standard InChI is InChI=1S/C12H15FIN/c1-3-5-12(15-4-2)10-7-6-9(13)8-11(10)14/h3,6-8,12,15H,1,4-5H2,2H3. The van der Waals surface area contributed by atoms with Crippen molar-refractivity contribution >= 4 is 22.6 Å². The van der Waals surface area contributed by atoms with Gasteiger partial charge in [0.05, 0.1) is 0 Å². The molecule has 3 heteroatoms. The van der Waals surface area contributed by atoms with Crippen molar-refractivity contribution in [2.24, 2.45) is 0 Å². The fourth-order valence-corrected chi connectivity index (χ4v) is 2.37. The molecular formula is C12H15FIN. The molecule has 0 aliphatic rings. The zero-order valence-corrected chi connectivity index (χ0v) is 10.9. The number of hydrogen-bond acceptors (Lipinski definition) is 1. The summed E-state index contributed by atoms with van der Waals surface area (Å²) in [7, 11) is 0. The largest absolute Gasteiger partial charge is 0.310 e. The minimum Gasteiger partial charge on any atom is -0.310 e. The molecule has 1 atom stereocenters. The van der Waals surface area contributed by atoms with Crippen molar-refractivity contribution < 1.29 is 4.39 Å². The summed E-state index contributed by atoms with van der Waals surface area (Å²) in [6.45, 7) is 6.70. The molecule has 0 aliphatic heterocycles. The molecule has 1 rings (SSSR count). The molecule has 1 nitrogen and oxygen atoms in total. The highest BCUT2D eigenvalue weighted by Crippen LogP contribution is 2.23. The summed E-state index contributed by atoms with van der Waals surface area (Å²) in [6.07, 6.45) is 2.74. The van der Waals surface area contributed by atoms with Crippen molar-refractivity contribution in [2.45, 2.75) is 19.4 Å². The van der Waals surface area contributed by atoms with Crippen LogP contribution in [-0.2, 0) is 0 Å². The van der Waals surface area contributed by atoms with Gasteiger partial charge in [-0.2, -0.15) is 0 Å². The van der Waals surface area contributed by atoms with Crippen molar-refractivity contribution in [3.63, 3.8) is 0 Å². The molecule has 1 aromatic rings. The first-order valence-corrected chi connectivity index (χ1v) is 6.06. The average Bonchev–Trinajstić information content (AvgIpc) is 2.17. The molecule has 82 valence electrons. The predicted octanol–water partition coefficient (Wildman–Crippen LogP) is 3.66. The molecule has 1 aromatic carbocycles. The summed E-state index contributed by atoms with van der Waals surface area (Å²) in [6, 6.07) is 5.14. The molecule has 0 bridgehead atoms. The first-order chi connectivity index (χ1) is 7.19. The van der Waals surface area contributed by atoms with Crippen LogP contribution < -0.4 is 5.32 Å². The lowest BCUT2D eigenvalue weighted by atomic mass is 10.0. The van der Waals surface area contributed by atoms with Crippen LogP contribution in [0, 0.1) is 9.39 Å². The number of benzene rings is 1. The van der Waals surface area contributed by atoms with Gasteiger partial charge in [0.25, 0.3) is 0 Å². The summed E-state index contributed by atoms with van der Waals surface area (Å²) in [5, 5.41) is 3.36. The van der Waals surface area contributed by atoms with Crippen molar-refractivity contribution in [3.05, 3.63) is 45.8 Å². The zero-order chi connectivity index (χ0) is 11.3. The molecule has 15 heavy (non-hydrogen) atoms. The molecule has 0 radical (unpaired) electrons. The quantitative estimate of drug-likeness (QED) is 0.645. The van der Waals surface area contributed by atoms with Crippen LogP contribution in [-0.4, -0.2) is 6.54 Å². The predicted molar refractivity (Wildman–Crippen MR) is 70.3 cm³/mol. The lowest BCUT2D eigenvalue weighted by molar-refractivity contribution is 0.553. The van der Waals surface area contributed by atoms with Crippen molar-refractivity contribution in [2.75, 3.05) is 6.54 Å². The Morgan fingerprint density at radius 1 is 1.60 bits per heavy atom. The molecule has 0 aromatic heterocycles. The van der Waals surface area contributed by atoms with Crippen LogP contribution in [0.5, 0.6) is 0 Å². The lowest BCUT2D eigenvalue weighted by Crippen LogP contribution is -2.21. The third kappa shape index (κ3) is 3.57. The maximum atomic E-state index is 12.9. The summed E-state index contributed by atoms with van der Waals surface area (Å²) >= 11 is 2.17. The van der Waals surface area contributed by atoms with Gasteiger partial charge in [-0.05, 0) is 53.3 Å². The molecule has 1 unspecified atom stereocenters. The van der Waals surface area contributed by atoms with Gasteiger partial charge in [0.1, 0.15) is 5.82 Å². The maximum absolute atomic E-state index is 12.9. The molecule has 1 N–H and O–H groups in total. The minimum atomic E-state index is -0.183. The highest BCUT2D eigenvalue weighted by molar-refractivity contribution is 14.1. The van der Waals surface area contributed by atoms with E-state index in [2.05, 4.69) is 41.4 Å². The Balaban J connectivity index is 2.94. The van der Waals surface area contributed by atoms with Crippen LogP contribution in [0.3, 0.4) is 0 Å². The van der Waals surface area contributed by atoms with Gasteiger partial charge in [-0.3, -0.25) is 0 Å². The van der Waals surface area contributed by atoms with Gasteiger partial charge in [0.15, 0.2) is 0 Å². The summed E-state index contributed by atoms with van der Waals surface area (Å²) < 4.78 is 13.9. The van der Waals surface area contributed by atoms with Gasteiger partial charge in [-0.1, -0.05) is 19.1 Å². The van der Waals surface area contributed by atoms with E-state index < -0.39 is 0 Å². The summed E-state index contributed by atoms with van der Waals surface area (Å²) in [5.74, 6) is -0.183. The smallest absolute Gasteiger partial charge is 0.124 e. The van der Waals surface area contributed by atoms with Crippen LogP contribution in [0.2, 0.25) is 0 Å². The van der Waals surface area contributed by atoms with Gasteiger partial charge in [0.2, 0.25) is 0 Å². The Bertz CT molecular complexity index is 338. The Hall–Kier alpha value is -0.420. The third-order valence-electron chi connectivity index (χ3n) is 2.19. The van der Waals surface area contributed by atoms with Crippen LogP contribution in [0.25, 0.3) is 0 Å². The van der Waals surface area contributed by atoms with Gasteiger partial charge in [-0.25, -0.2) is 4.39 Å². The Labute approximate surface area is 104 Å². The normalized spacial score (nSPS) is 12.5. The first-order valence-electron chi connectivity index (χ1n) is 4.98. The maximum Gasteiger partial charge on any atom is 0.124 e. The molecule has 0 saturated carbocycles. The van der Waals surface area contributed by atoms with E-state index in [9.17, 15) is 4.39 Å². The number of halogens is 2. The molecule has 0 aliphatic carbocycles. The summed E-state index contributed by atoms with van der Waals surface area (Å²) in [4.78, 5) is 0. The second kappa shape index (κ2) is 6.23. The molecule has 0 fully saturated rings. The topological polar surface area (TPSA) is 12.0 Å². The monoisotopic (exact) mass is 319 g/mol. The second-order valence-corrected chi connectivity index (χ2v) is 4.46. The fourth-order valence-electron chi connectivity index (χ4n) is 1.52. The van der Waals surface area contributed by atoms with E-state index in [4.69, 9.17) is 0 Å². The Morgan fingerprint density at radius 3 is 2.87 bits per heavy atom. The van der Waals surface area contributed by atoms with E-state index in [0.29, 0.717) is 0 Å². The van der Waals surface area contributed by atoms with E-state index in [0.717, 1.165) is 22.1 Å². The lowest BCUT2D eigenvalue weighted by Gasteiger charge is -2.18. The van der Waals surface area contributed by atoms with Crippen molar-refractivity contribution in [1.29, 1.82) is 0 Å². The van der Waals surface area contributed by atoms with Crippen LogP contribution in [0.1, 0.15) is 24.9 Å². The number of hydrogen-bond donors (Lipinski definition) is 1. The second-order valence-electron chi connectivity index (χ2n) is 3.30. The molecule has 0 amide bonds. The molecular weight excluding hydrogens is 304 g/mol. The van der Waals surface area contributed by atoms with Crippen LogP contribution in [0.4, 0.5) is 4.39 Å². The molecule has 0 spiro atoms. The van der Waals surface area contributed by atoms with E-state index in [1.807, 2.05) is 12.1 Å². The van der Waals surface area contributed by atoms with Gasteiger partial charge in [-0.15, -0.1) is 6.58 Å². The number of nitrogens with one attached hydrogen (secondary N) is 1. The Kier molecular flexibility index (Phi) is 5.25. The van der Waals surface area contributed by atoms with Crippen LogP contribution >= 0.6 is 22.6 Å². The zero-order valence-electron chi connectivity index (χ0n) is 8.76. The molecule has 0 heterocycles. The number of rotatable bonds is 5. The van der Waals surface area contributed by atoms with E-state index in [1.165, 1.54) is 6.07 Å². The van der Waals surface area contributed by atoms with E-state index in [1.54, 1.807) is 6.07 Å². The summed E-state index contributed by atoms with van der Waals surface area (Å²) in [5.41, 5.74) is 1.14. The van der Waals surface area contributed by atoms with Crippen molar-refractivity contribution in [1.82, 2.24) is 5.32 Å². The average molecular weight is 319 g/mol. The van der Waals surface area contributed by atoms with E-state index >= 15 is 0 Å². The first kappa shape index (κ1) is 12.6. The van der Waals surface area contributed by atoms with Crippen molar-refractivity contribution in [3.8, 4) is 0 Å². The third-order valence-corrected chi connectivity index (χ3v) is 3.13.